The second kappa shape index (κ2) is 8.36. The number of aliphatic hydroxyl groups excluding tert-OH is 1. The Morgan fingerprint density at radius 2 is 2.04 bits per heavy atom. The third kappa shape index (κ3) is 4.85. The summed E-state index contributed by atoms with van der Waals surface area (Å²) >= 11 is 7.51. The van der Waals surface area contributed by atoms with E-state index >= 15 is 0 Å². The molecular weight excluding hydrogens is 358 g/mol. The monoisotopic (exact) mass is 381 g/mol. The number of nitrogens with zero attached hydrogens (tertiary/aromatic N) is 3. The Kier molecular flexibility index (Phi) is 6.17. The van der Waals surface area contributed by atoms with Crippen LogP contribution in [0.2, 0.25) is 5.02 Å². The van der Waals surface area contributed by atoms with Crippen molar-refractivity contribution in [3.63, 3.8) is 0 Å². The highest BCUT2D eigenvalue weighted by atomic mass is 35.5. The fourth-order valence-corrected chi connectivity index (χ4v) is 3.99. The SMILES string of the molecule is Cc1cc(Cl)ccc1N1CCN(CC(O)COc2scnc2C)CC1. The zero-order valence-electron chi connectivity index (χ0n) is 14.6. The van der Waals surface area contributed by atoms with Gasteiger partial charge >= 0.3 is 0 Å². The normalized spacial score (nSPS) is 16.9. The maximum Gasteiger partial charge on any atom is 0.197 e. The van der Waals surface area contributed by atoms with Crippen molar-refractivity contribution in [1.29, 1.82) is 0 Å². The van der Waals surface area contributed by atoms with Crippen LogP contribution in [0, 0.1) is 13.8 Å². The first-order valence-corrected chi connectivity index (χ1v) is 9.73. The summed E-state index contributed by atoms with van der Waals surface area (Å²) in [5.41, 5.74) is 5.08. The third-order valence-electron chi connectivity index (χ3n) is 4.45. The Bertz CT molecular complexity index is 701. The summed E-state index contributed by atoms with van der Waals surface area (Å²) in [5.74, 6) is 0. The van der Waals surface area contributed by atoms with Crippen LogP contribution in [0.15, 0.2) is 23.7 Å². The fourth-order valence-electron chi connectivity index (χ4n) is 3.10. The van der Waals surface area contributed by atoms with Crippen LogP contribution in [-0.4, -0.2) is 60.4 Å². The molecule has 1 fully saturated rings. The zero-order valence-corrected chi connectivity index (χ0v) is 16.2. The van der Waals surface area contributed by atoms with Crippen molar-refractivity contribution in [2.75, 3.05) is 44.2 Å². The molecule has 1 unspecified atom stereocenters. The van der Waals surface area contributed by atoms with Crippen molar-refractivity contribution in [2.45, 2.75) is 20.0 Å². The second-order valence-electron chi connectivity index (χ2n) is 6.41. The van der Waals surface area contributed by atoms with E-state index in [1.165, 1.54) is 22.6 Å². The predicted octanol–water partition coefficient (Wildman–Crippen LogP) is 2.98. The van der Waals surface area contributed by atoms with Crippen LogP contribution in [-0.2, 0) is 0 Å². The molecule has 136 valence electrons. The van der Waals surface area contributed by atoms with E-state index in [9.17, 15) is 5.11 Å². The van der Waals surface area contributed by atoms with E-state index < -0.39 is 6.10 Å². The van der Waals surface area contributed by atoms with Crippen LogP contribution in [0.4, 0.5) is 5.69 Å². The van der Waals surface area contributed by atoms with Gasteiger partial charge in [0.1, 0.15) is 12.7 Å². The third-order valence-corrected chi connectivity index (χ3v) is 5.52. The number of β-amino-alcohol motifs (C(OH)–C–C–N with tert-alkyl or cyclic N) is 1. The van der Waals surface area contributed by atoms with Gasteiger partial charge < -0.3 is 14.7 Å². The highest BCUT2D eigenvalue weighted by Crippen LogP contribution is 2.25. The van der Waals surface area contributed by atoms with Crippen molar-refractivity contribution >= 4 is 28.6 Å². The molecular formula is C18H24ClN3O2S. The number of ether oxygens (including phenoxy) is 1. The Morgan fingerprint density at radius 3 is 2.68 bits per heavy atom. The second-order valence-corrected chi connectivity index (χ2v) is 7.66. The minimum atomic E-state index is -0.495. The lowest BCUT2D eigenvalue weighted by Gasteiger charge is -2.37. The molecule has 1 N–H and O–H groups in total. The van der Waals surface area contributed by atoms with Gasteiger partial charge in [0.25, 0.3) is 0 Å². The fraction of sp³-hybridized carbons (Fsp3) is 0.500. The van der Waals surface area contributed by atoms with Crippen LogP contribution in [0.25, 0.3) is 0 Å². The first-order valence-electron chi connectivity index (χ1n) is 8.47. The molecule has 3 rings (SSSR count). The number of aryl methyl sites for hydroxylation is 2. The molecule has 0 bridgehead atoms. The number of thiazole rings is 1. The van der Waals surface area contributed by atoms with Gasteiger partial charge in [0, 0.05) is 43.4 Å². The molecule has 25 heavy (non-hydrogen) atoms. The number of rotatable bonds is 6. The first-order chi connectivity index (χ1) is 12.0. The Morgan fingerprint density at radius 1 is 1.28 bits per heavy atom. The highest BCUT2D eigenvalue weighted by molar-refractivity contribution is 7.11. The summed E-state index contributed by atoms with van der Waals surface area (Å²) in [6.45, 7) is 8.70. The maximum absolute atomic E-state index is 10.2. The average Bonchev–Trinajstić information content (AvgIpc) is 2.99. The minimum absolute atomic E-state index is 0.305. The van der Waals surface area contributed by atoms with Crippen molar-refractivity contribution in [3.8, 4) is 5.06 Å². The van der Waals surface area contributed by atoms with E-state index in [4.69, 9.17) is 16.3 Å². The van der Waals surface area contributed by atoms with Gasteiger partial charge in [0.05, 0.1) is 11.2 Å². The molecule has 0 spiro atoms. The van der Waals surface area contributed by atoms with Gasteiger partial charge in [0.15, 0.2) is 5.06 Å². The van der Waals surface area contributed by atoms with E-state index in [2.05, 4.69) is 27.8 Å². The molecule has 1 saturated heterocycles. The summed E-state index contributed by atoms with van der Waals surface area (Å²) in [7, 11) is 0. The molecule has 1 aliphatic rings. The van der Waals surface area contributed by atoms with Crippen molar-refractivity contribution < 1.29 is 9.84 Å². The molecule has 1 aliphatic heterocycles. The number of hydrogen-bond donors (Lipinski definition) is 1. The number of halogens is 1. The number of aromatic nitrogens is 1. The smallest absolute Gasteiger partial charge is 0.197 e. The molecule has 1 aromatic carbocycles. The lowest BCUT2D eigenvalue weighted by molar-refractivity contribution is 0.0673. The molecule has 0 saturated carbocycles. The average molecular weight is 382 g/mol. The number of hydrogen-bond acceptors (Lipinski definition) is 6. The minimum Gasteiger partial charge on any atom is -0.480 e. The molecule has 2 aromatic rings. The van der Waals surface area contributed by atoms with Gasteiger partial charge in [-0.2, -0.15) is 0 Å². The topological polar surface area (TPSA) is 48.8 Å². The standard InChI is InChI=1S/C18H24ClN3O2S/c1-13-9-15(19)3-4-17(13)22-7-5-21(6-8-22)10-16(23)11-24-18-14(2)20-12-25-18/h3-4,9,12,16,23H,5-8,10-11H2,1-2H3. The van der Waals surface area contributed by atoms with Crippen LogP contribution >= 0.6 is 22.9 Å². The van der Waals surface area contributed by atoms with E-state index in [0.29, 0.717) is 13.2 Å². The van der Waals surface area contributed by atoms with E-state index in [0.717, 1.165) is 42.0 Å². The molecule has 1 aromatic heterocycles. The van der Waals surface area contributed by atoms with E-state index in [-0.39, 0.29) is 0 Å². The Hall–Kier alpha value is -1.34. The summed E-state index contributed by atoms with van der Waals surface area (Å²) in [4.78, 5) is 8.82. The summed E-state index contributed by atoms with van der Waals surface area (Å²) < 4.78 is 5.65. The number of anilines is 1. The van der Waals surface area contributed by atoms with Gasteiger partial charge in [-0.05, 0) is 37.6 Å². The number of aliphatic hydroxyl groups is 1. The first kappa shape index (κ1) is 18.5. The molecule has 0 amide bonds. The van der Waals surface area contributed by atoms with Gasteiger partial charge in [-0.1, -0.05) is 22.9 Å². The summed E-state index contributed by atoms with van der Waals surface area (Å²) in [5, 5.41) is 11.8. The van der Waals surface area contributed by atoms with Gasteiger partial charge in [-0.3, -0.25) is 4.90 Å². The van der Waals surface area contributed by atoms with Crippen LogP contribution in [0.1, 0.15) is 11.3 Å². The van der Waals surface area contributed by atoms with E-state index in [1.807, 2.05) is 19.1 Å². The summed E-state index contributed by atoms with van der Waals surface area (Å²) in [6.07, 6.45) is -0.495. The van der Waals surface area contributed by atoms with Crippen molar-refractivity contribution in [3.05, 3.63) is 40.0 Å². The van der Waals surface area contributed by atoms with Crippen LogP contribution in [0.5, 0.6) is 5.06 Å². The lowest BCUT2D eigenvalue weighted by atomic mass is 10.1. The number of piperazine rings is 1. The molecule has 5 nitrogen and oxygen atoms in total. The molecule has 0 aliphatic carbocycles. The molecule has 2 heterocycles. The highest BCUT2D eigenvalue weighted by Gasteiger charge is 2.21. The Balaban J connectivity index is 1.45. The molecule has 1 atom stereocenters. The molecule has 0 radical (unpaired) electrons. The van der Waals surface area contributed by atoms with Gasteiger partial charge in [-0.15, -0.1) is 0 Å². The van der Waals surface area contributed by atoms with Crippen molar-refractivity contribution in [2.24, 2.45) is 0 Å². The predicted molar refractivity (Wildman–Crippen MR) is 103 cm³/mol. The van der Waals surface area contributed by atoms with Gasteiger partial charge in [-0.25, -0.2) is 4.98 Å². The zero-order chi connectivity index (χ0) is 17.8. The van der Waals surface area contributed by atoms with Crippen LogP contribution < -0.4 is 9.64 Å². The largest absolute Gasteiger partial charge is 0.480 e. The summed E-state index contributed by atoms with van der Waals surface area (Å²) in [6, 6.07) is 6.04. The van der Waals surface area contributed by atoms with Crippen molar-refractivity contribution in [1.82, 2.24) is 9.88 Å². The Labute approximate surface area is 157 Å². The lowest BCUT2D eigenvalue weighted by Crippen LogP contribution is -2.49. The van der Waals surface area contributed by atoms with Gasteiger partial charge in [0.2, 0.25) is 0 Å². The number of benzene rings is 1. The quantitative estimate of drug-likeness (QED) is 0.833. The molecule has 7 heteroatoms. The maximum atomic E-state index is 10.2. The van der Waals surface area contributed by atoms with E-state index in [1.54, 1.807) is 5.51 Å². The van der Waals surface area contributed by atoms with Crippen LogP contribution in [0.3, 0.4) is 0 Å².